The minimum atomic E-state index is -0.539. The second-order valence-corrected chi connectivity index (χ2v) is 4.64. The quantitative estimate of drug-likeness (QED) is 0.858. The number of fused-ring (bicyclic) bond motifs is 1. The summed E-state index contributed by atoms with van der Waals surface area (Å²) in [6.45, 7) is 0. The summed E-state index contributed by atoms with van der Waals surface area (Å²) in [6.07, 6.45) is 0. The Morgan fingerprint density at radius 1 is 1.22 bits per heavy atom. The Morgan fingerprint density at radius 3 is 2.50 bits per heavy atom. The van der Waals surface area contributed by atoms with Crippen molar-refractivity contribution in [2.75, 3.05) is 14.2 Å². The molecule has 2 aromatic rings. The van der Waals surface area contributed by atoms with Crippen LogP contribution in [-0.4, -0.2) is 26.1 Å². The third kappa shape index (κ3) is 2.02. The van der Waals surface area contributed by atoms with Crippen molar-refractivity contribution in [2.24, 2.45) is 5.73 Å². The number of esters is 1. The number of nitrogens with two attached hydrogens (primary N) is 1. The normalized spacial score (nSPS) is 10.3. The van der Waals surface area contributed by atoms with E-state index >= 15 is 0 Å². The van der Waals surface area contributed by atoms with Gasteiger partial charge in [0.05, 0.1) is 14.2 Å². The summed E-state index contributed by atoms with van der Waals surface area (Å²) in [6, 6.07) is 4.87. The van der Waals surface area contributed by atoms with Gasteiger partial charge in [0.1, 0.15) is 10.6 Å². The molecule has 1 amide bonds. The number of benzene rings is 1. The Morgan fingerprint density at radius 2 is 1.94 bits per heavy atom. The minimum absolute atomic E-state index is 0.345. The third-order valence-electron chi connectivity index (χ3n) is 2.49. The summed E-state index contributed by atoms with van der Waals surface area (Å²) >= 11 is 1.23. The predicted octanol–water partition coefficient (Wildman–Crippen LogP) is 1.80. The van der Waals surface area contributed by atoms with E-state index in [-0.39, 0.29) is 0 Å². The SMILES string of the molecule is COC(=O)c1cc2c(OC)cc(C(N)=O)cc2s1. The number of rotatable bonds is 3. The molecule has 6 heteroatoms. The van der Waals surface area contributed by atoms with E-state index in [9.17, 15) is 9.59 Å². The van der Waals surface area contributed by atoms with E-state index in [1.165, 1.54) is 25.6 Å². The average Bonchev–Trinajstić information content (AvgIpc) is 2.80. The summed E-state index contributed by atoms with van der Waals surface area (Å²) < 4.78 is 10.6. The van der Waals surface area contributed by atoms with Gasteiger partial charge >= 0.3 is 5.97 Å². The standard InChI is InChI=1S/C12H11NO4S/c1-16-8-3-6(11(13)14)4-9-7(8)5-10(18-9)12(15)17-2/h3-5H,1-2H3,(H2,13,14). The maximum atomic E-state index is 11.5. The van der Waals surface area contributed by atoms with Crippen LogP contribution in [0.1, 0.15) is 20.0 Å². The van der Waals surface area contributed by atoms with Gasteiger partial charge in [-0.25, -0.2) is 4.79 Å². The molecular weight excluding hydrogens is 254 g/mol. The predicted molar refractivity (Wildman–Crippen MR) is 68.2 cm³/mol. The van der Waals surface area contributed by atoms with Crippen LogP contribution in [-0.2, 0) is 4.74 Å². The molecule has 18 heavy (non-hydrogen) atoms. The molecule has 0 saturated carbocycles. The number of primary amides is 1. The fourth-order valence-corrected chi connectivity index (χ4v) is 2.65. The fraction of sp³-hybridized carbons (Fsp3) is 0.167. The van der Waals surface area contributed by atoms with Crippen LogP contribution in [0, 0.1) is 0 Å². The van der Waals surface area contributed by atoms with Crippen molar-refractivity contribution >= 4 is 33.3 Å². The summed E-state index contributed by atoms with van der Waals surface area (Å²) in [5, 5.41) is 0.757. The van der Waals surface area contributed by atoms with E-state index in [4.69, 9.17) is 10.5 Å². The van der Waals surface area contributed by atoms with Crippen molar-refractivity contribution in [2.45, 2.75) is 0 Å². The molecule has 5 nitrogen and oxygen atoms in total. The maximum Gasteiger partial charge on any atom is 0.348 e. The van der Waals surface area contributed by atoms with E-state index in [1.807, 2.05) is 0 Å². The largest absolute Gasteiger partial charge is 0.496 e. The van der Waals surface area contributed by atoms with Crippen molar-refractivity contribution in [1.29, 1.82) is 0 Å². The Bertz CT molecular complexity index is 632. The smallest absolute Gasteiger partial charge is 0.348 e. The van der Waals surface area contributed by atoms with Gasteiger partial charge in [-0.2, -0.15) is 0 Å². The Hall–Kier alpha value is -2.08. The summed E-state index contributed by atoms with van der Waals surface area (Å²) in [5.74, 6) is -0.449. The van der Waals surface area contributed by atoms with Gasteiger partial charge in [0.15, 0.2) is 0 Å². The molecule has 0 fully saturated rings. The van der Waals surface area contributed by atoms with Crippen molar-refractivity contribution in [3.8, 4) is 5.75 Å². The molecule has 0 aliphatic heterocycles. The lowest BCUT2D eigenvalue weighted by Gasteiger charge is -2.03. The van der Waals surface area contributed by atoms with E-state index in [1.54, 1.807) is 18.2 Å². The number of ether oxygens (including phenoxy) is 2. The van der Waals surface area contributed by atoms with Gasteiger partial charge < -0.3 is 15.2 Å². The van der Waals surface area contributed by atoms with Gasteiger partial charge in [0.2, 0.25) is 5.91 Å². The second-order valence-electron chi connectivity index (χ2n) is 3.56. The molecule has 2 rings (SSSR count). The topological polar surface area (TPSA) is 78.6 Å². The van der Waals surface area contributed by atoms with Crippen LogP contribution in [0.2, 0.25) is 0 Å². The summed E-state index contributed by atoms with van der Waals surface area (Å²) in [7, 11) is 2.81. The third-order valence-corrected chi connectivity index (χ3v) is 3.55. The van der Waals surface area contributed by atoms with Crippen LogP contribution in [0.25, 0.3) is 10.1 Å². The lowest BCUT2D eigenvalue weighted by atomic mass is 10.1. The van der Waals surface area contributed by atoms with E-state index in [2.05, 4.69) is 4.74 Å². The molecule has 0 aliphatic rings. The van der Waals surface area contributed by atoms with Gasteiger partial charge in [-0.05, 0) is 18.2 Å². The number of methoxy groups -OCH3 is 2. The lowest BCUT2D eigenvalue weighted by Crippen LogP contribution is -2.10. The lowest BCUT2D eigenvalue weighted by molar-refractivity contribution is 0.0606. The first kappa shape index (κ1) is 12.4. The Labute approximate surface area is 107 Å². The van der Waals surface area contributed by atoms with Crippen molar-refractivity contribution in [3.63, 3.8) is 0 Å². The first-order valence-corrected chi connectivity index (χ1v) is 5.88. The summed E-state index contributed by atoms with van der Waals surface area (Å²) in [5.41, 5.74) is 5.58. The molecule has 94 valence electrons. The van der Waals surface area contributed by atoms with Gasteiger partial charge in [-0.15, -0.1) is 11.3 Å². The zero-order chi connectivity index (χ0) is 13.3. The van der Waals surface area contributed by atoms with Crippen LogP contribution in [0.15, 0.2) is 18.2 Å². The molecular formula is C12H11NO4S. The van der Waals surface area contributed by atoms with Gasteiger partial charge in [-0.3, -0.25) is 4.79 Å². The number of hydrogen-bond donors (Lipinski definition) is 1. The number of hydrogen-bond acceptors (Lipinski definition) is 5. The highest BCUT2D eigenvalue weighted by molar-refractivity contribution is 7.20. The first-order valence-electron chi connectivity index (χ1n) is 5.06. The molecule has 0 aliphatic carbocycles. The number of carbonyl (C=O) groups excluding carboxylic acids is 2. The maximum absolute atomic E-state index is 11.5. The molecule has 1 aromatic carbocycles. The Balaban J connectivity index is 2.67. The van der Waals surface area contributed by atoms with Gasteiger partial charge in [0, 0.05) is 15.6 Å². The monoisotopic (exact) mass is 265 g/mol. The molecule has 0 spiro atoms. The van der Waals surface area contributed by atoms with Gasteiger partial charge in [-0.1, -0.05) is 0 Å². The minimum Gasteiger partial charge on any atom is -0.496 e. The zero-order valence-corrected chi connectivity index (χ0v) is 10.7. The van der Waals surface area contributed by atoms with Crippen molar-refractivity contribution in [1.82, 2.24) is 0 Å². The Kier molecular flexibility index (Phi) is 3.20. The van der Waals surface area contributed by atoms with E-state index in [0.29, 0.717) is 16.2 Å². The molecule has 0 bridgehead atoms. The molecule has 1 aromatic heterocycles. The van der Waals surface area contributed by atoms with Crippen LogP contribution < -0.4 is 10.5 Å². The highest BCUT2D eigenvalue weighted by atomic mass is 32.1. The average molecular weight is 265 g/mol. The highest BCUT2D eigenvalue weighted by Gasteiger charge is 2.15. The molecule has 0 atom stereocenters. The second kappa shape index (κ2) is 4.66. The molecule has 0 unspecified atom stereocenters. The van der Waals surface area contributed by atoms with Crippen molar-refractivity contribution < 1.29 is 19.1 Å². The van der Waals surface area contributed by atoms with Crippen LogP contribution in [0.3, 0.4) is 0 Å². The van der Waals surface area contributed by atoms with Crippen LogP contribution >= 0.6 is 11.3 Å². The van der Waals surface area contributed by atoms with E-state index < -0.39 is 11.9 Å². The molecule has 0 saturated heterocycles. The number of amides is 1. The first-order chi connectivity index (χ1) is 8.56. The number of carbonyl (C=O) groups is 2. The van der Waals surface area contributed by atoms with E-state index in [0.717, 1.165) is 10.1 Å². The zero-order valence-electron chi connectivity index (χ0n) is 9.85. The van der Waals surface area contributed by atoms with Gasteiger partial charge in [0.25, 0.3) is 0 Å². The fourth-order valence-electron chi connectivity index (χ4n) is 1.62. The number of thiophene rings is 1. The van der Waals surface area contributed by atoms with Crippen molar-refractivity contribution in [3.05, 3.63) is 28.6 Å². The van der Waals surface area contributed by atoms with Crippen LogP contribution in [0.4, 0.5) is 0 Å². The molecule has 0 radical (unpaired) electrons. The summed E-state index contributed by atoms with van der Waals surface area (Å²) in [4.78, 5) is 23.1. The molecule has 2 N–H and O–H groups in total. The van der Waals surface area contributed by atoms with Crippen LogP contribution in [0.5, 0.6) is 5.75 Å². The highest BCUT2D eigenvalue weighted by Crippen LogP contribution is 2.34. The molecule has 1 heterocycles.